The van der Waals surface area contributed by atoms with Crippen LogP contribution in [0.3, 0.4) is 0 Å². The summed E-state index contributed by atoms with van der Waals surface area (Å²) in [5.41, 5.74) is 1.27. The fourth-order valence-electron chi connectivity index (χ4n) is 5.98. The third-order valence-electron chi connectivity index (χ3n) is 7.52. The van der Waals surface area contributed by atoms with E-state index in [1.165, 1.54) is 31.4 Å². The summed E-state index contributed by atoms with van der Waals surface area (Å²) in [5.74, 6) is 0.955. The number of halogens is 2. The van der Waals surface area contributed by atoms with Crippen molar-refractivity contribution >= 4 is 17.4 Å². The van der Waals surface area contributed by atoms with Crippen LogP contribution in [0, 0.1) is 23.5 Å². The van der Waals surface area contributed by atoms with Gasteiger partial charge in [0.15, 0.2) is 5.65 Å². The highest BCUT2D eigenvalue weighted by Crippen LogP contribution is 2.44. The van der Waals surface area contributed by atoms with Crippen LogP contribution in [-0.2, 0) is 0 Å². The number of aromatic nitrogens is 3. The highest BCUT2D eigenvalue weighted by molar-refractivity contribution is 6.00. The number of hydrogen-bond donors (Lipinski definition) is 1. The van der Waals surface area contributed by atoms with Gasteiger partial charge in [-0.25, -0.2) is 18.3 Å². The van der Waals surface area contributed by atoms with E-state index in [4.69, 9.17) is 4.98 Å². The molecule has 1 amide bonds. The first-order valence-corrected chi connectivity index (χ1v) is 11.4. The third kappa shape index (κ3) is 3.24. The highest BCUT2D eigenvalue weighted by Gasteiger charge is 2.40. The Morgan fingerprint density at radius 2 is 2.03 bits per heavy atom. The minimum Gasteiger partial charge on any atom is -0.349 e. The first kappa shape index (κ1) is 19.6. The van der Waals surface area contributed by atoms with Gasteiger partial charge >= 0.3 is 0 Å². The van der Waals surface area contributed by atoms with Crippen molar-refractivity contribution in [3.05, 3.63) is 59.4 Å². The fourth-order valence-corrected chi connectivity index (χ4v) is 5.98. The van der Waals surface area contributed by atoms with Crippen molar-refractivity contribution in [2.24, 2.45) is 11.8 Å². The topological polar surface area (TPSA) is 62.5 Å². The molecule has 1 aliphatic heterocycles. The molecular weight excluding hydrogens is 412 g/mol. The molecule has 6 nitrogen and oxygen atoms in total. The molecule has 4 atom stereocenters. The van der Waals surface area contributed by atoms with Crippen molar-refractivity contribution in [1.82, 2.24) is 19.9 Å². The molecule has 0 radical (unpaired) electrons. The maximum absolute atomic E-state index is 14.5. The molecule has 32 heavy (non-hydrogen) atoms. The molecule has 1 aromatic carbocycles. The van der Waals surface area contributed by atoms with Crippen LogP contribution in [0.25, 0.3) is 5.65 Å². The Balaban J connectivity index is 1.29. The monoisotopic (exact) mass is 437 g/mol. The summed E-state index contributed by atoms with van der Waals surface area (Å²) in [6, 6.07) is 5.33. The van der Waals surface area contributed by atoms with E-state index in [9.17, 15) is 13.6 Å². The number of fused-ring (bicyclic) bond motifs is 3. The van der Waals surface area contributed by atoms with Crippen LogP contribution in [0.4, 0.5) is 14.6 Å². The largest absolute Gasteiger partial charge is 0.349 e. The fraction of sp³-hybridized carbons (Fsp3) is 0.458. The Hall–Kier alpha value is -3.03. The van der Waals surface area contributed by atoms with E-state index in [1.807, 2.05) is 11.0 Å². The number of hydrogen-bond acceptors (Lipinski definition) is 4. The van der Waals surface area contributed by atoms with E-state index in [0.29, 0.717) is 41.5 Å². The van der Waals surface area contributed by atoms with Gasteiger partial charge < -0.3 is 10.2 Å². The van der Waals surface area contributed by atoms with Gasteiger partial charge in [0.25, 0.3) is 5.91 Å². The van der Waals surface area contributed by atoms with Crippen LogP contribution in [0.5, 0.6) is 0 Å². The standard InChI is InChI=1S/C24H25F2N5O/c25-16-5-6-19(26)17(12-16)21-2-1-8-30(21)22-7-9-31-23(29-22)18(13-27-31)24(32)28-20-11-14-3-4-15(20)10-14/h5-7,9,12-15,20-21H,1-4,8,10-11H2,(H,28,32)/t14?,15?,20-,21?/m0/s1. The molecule has 2 aromatic heterocycles. The normalized spacial score (nSPS) is 26.9. The summed E-state index contributed by atoms with van der Waals surface area (Å²) in [6.45, 7) is 0.685. The predicted molar refractivity (Wildman–Crippen MR) is 115 cm³/mol. The lowest BCUT2D eigenvalue weighted by atomic mass is 9.95. The lowest BCUT2D eigenvalue weighted by molar-refractivity contribution is 0.0924. The van der Waals surface area contributed by atoms with Crippen molar-refractivity contribution in [3.8, 4) is 0 Å². The maximum Gasteiger partial charge on any atom is 0.256 e. The van der Waals surface area contributed by atoms with Crippen LogP contribution < -0.4 is 10.2 Å². The second-order valence-electron chi connectivity index (χ2n) is 9.38. The molecule has 3 aromatic rings. The lowest BCUT2D eigenvalue weighted by Gasteiger charge is -2.26. The molecule has 8 heteroatoms. The first-order chi connectivity index (χ1) is 15.6. The van der Waals surface area contributed by atoms with Crippen molar-refractivity contribution in [2.45, 2.75) is 50.6 Å². The quantitative estimate of drug-likeness (QED) is 0.662. The second kappa shape index (κ2) is 7.53. The van der Waals surface area contributed by atoms with E-state index in [0.717, 1.165) is 24.8 Å². The van der Waals surface area contributed by atoms with Gasteiger partial charge in [-0.15, -0.1) is 0 Å². The molecule has 3 fully saturated rings. The number of nitrogens with zero attached hydrogens (tertiary/aromatic N) is 4. The molecule has 6 rings (SSSR count). The number of rotatable bonds is 4. The Bertz CT molecular complexity index is 1190. The minimum atomic E-state index is -0.452. The molecule has 3 aliphatic rings. The number of carbonyl (C=O) groups is 1. The zero-order chi connectivity index (χ0) is 21.8. The first-order valence-electron chi connectivity index (χ1n) is 11.4. The summed E-state index contributed by atoms with van der Waals surface area (Å²) in [4.78, 5) is 19.8. The molecule has 2 aliphatic carbocycles. The van der Waals surface area contributed by atoms with Gasteiger partial charge in [0.05, 0.1) is 12.2 Å². The van der Waals surface area contributed by atoms with Gasteiger partial charge in [0, 0.05) is 24.3 Å². The molecule has 2 saturated carbocycles. The summed E-state index contributed by atoms with van der Waals surface area (Å²) < 4.78 is 29.9. The van der Waals surface area contributed by atoms with E-state index >= 15 is 0 Å². The minimum absolute atomic E-state index is 0.142. The zero-order valence-corrected chi connectivity index (χ0v) is 17.7. The van der Waals surface area contributed by atoms with Gasteiger partial charge in [0.1, 0.15) is 23.0 Å². The zero-order valence-electron chi connectivity index (χ0n) is 17.7. The average Bonchev–Trinajstić information content (AvgIpc) is 3.58. The Morgan fingerprint density at radius 3 is 2.84 bits per heavy atom. The van der Waals surface area contributed by atoms with Crippen LogP contribution >= 0.6 is 0 Å². The lowest BCUT2D eigenvalue weighted by Crippen LogP contribution is -2.38. The average molecular weight is 437 g/mol. The van der Waals surface area contributed by atoms with Crippen LogP contribution in [0.15, 0.2) is 36.7 Å². The summed E-state index contributed by atoms with van der Waals surface area (Å²) in [6.07, 6.45) is 9.64. The predicted octanol–water partition coefficient (Wildman–Crippen LogP) is 4.27. The van der Waals surface area contributed by atoms with Crippen molar-refractivity contribution < 1.29 is 13.6 Å². The number of nitrogens with one attached hydrogen (secondary N) is 1. The molecule has 0 spiro atoms. The summed E-state index contributed by atoms with van der Waals surface area (Å²) in [7, 11) is 0. The van der Waals surface area contributed by atoms with E-state index in [-0.39, 0.29) is 18.0 Å². The van der Waals surface area contributed by atoms with Gasteiger partial charge in [0.2, 0.25) is 0 Å². The molecule has 1 saturated heterocycles. The van der Waals surface area contributed by atoms with Crippen molar-refractivity contribution in [3.63, 3.8) is 0 Å². The third-order valence-corrected chi connectivity index (χ3v) is 7.52. The molecule has 3 unspecified atom stereocenters. The molecule has 3 heterocycles. The Labute approximate surface area is 184 Å². The highest BCUT2D eigenvalue weighted by atomic mass is 19.1. The van der Waals surface area contributed by atoms with Crippen molar-refractivity contribution in [1.29, 1.82) is 0 Å². The molecule has 166 valence electrons. The number of benzene rings is 1. The number of amides is 1. The van der Waals surface area contributed by atoms with Crippen molar-refractivity contribution in [2.75, 3.05) is 11.4 Å². The SMILES string of the molecule is O=C(N[C@H]1CC2CCC1C2)c1cnn2ccc(N3CCCC3c3cc(F)ccc3F)nc12. The van der Waals surface area contributed by atoms with Crippen LogP contribution in [0.2, 0.25) is 0 Å². The van der Waals surface area contributed by atoms with Gasteiger partial charge in [-0.1, -0.05) is 6.42 Å². The van der Waals surface area contributed by atoms with Gasteiger partial charge in [-0.05, 0) is 68.2 Å². The van der Waals surface area contributed by atoms with E-state index in [1.54, 1.807) is 16.9 Å². The number of anilines is 1. The summed E-state index contributed by atoms with van der Waals surface area (Å²) in [5, 5.41) is 7.50. The Morgan fingerprint density at radius 1 is 1.12 bits per heavy atom. The summed E-state index contributed by atoms with van der Waals surface area (Å²) >= 11 is 0. The maximum atomic E-state index is 14.5. The van der Waals surface area contributed by atoms with Crippen LogP contribution in [0.1, 0.15) is 60.5 Å². The van der Waals surface area contributed by atoms with Gasteiger partial charge in [-0.3, -0.25) is 4.79 Å². The molecule has 2 bridgehead atoms. The van der Waals surface area contributed by atoms with E-state index in [2.05, 4.69) is 10.4 Å². The van der Waals surface area contributed by atoms with Crippen LogP contribution in [-0.4, -0.2) is 33.1 Å². The van der Waals surface area contributed by atoms with E-state index < -0.39 is 11.6 Å². The second-order valence-corrected chi connectivity index (χ2v) is 9.38. The smallest absolute Gasteiger partial charge is 0.256 e. The van der Waals surface area contributed by atoms with Gasteiger partial charge in [-0.2, -0.15) is 5.10 Å². The number of carbonyl (C=O) groups excluding carboxylic acids is 1. The molecular formula is C24H25F2N5O. The Kier molecular flexibility index (Phi) is 4.62. The molecule has 1 N–H and O–H groups in total.